The van der Waals surface area contributed by atoms with Crippen LogP contribution < -0.4 is 5.48 Å². The van der Waals surface area contributed by atoms with Crippen molar-refractivity contribution in [2.75, 3.05) is 6.61 Å². The van der Waals surface area contributed by atoms with Crippen LogP contribution in [-0.2, 0) is 11.4 Å². The van der Waals surface area contributed by atoms with Gasteiger partial charge < -0.3 is 4.84 Å². The topological polar surface area (TPSA) is 21.3 Å². The molecule has 0 atom stereocenters. The zero-order chi connectivity index (χ0) is 11.3. The van der Waals surface area contributed by atoms with Crippen molar-refractivity contribution in [2.24, 2.45) is 5.92 Å². The summed E-state index contributed by atoms with van der Waals surface area (Å²) in [6.45, 7) is 5.23. The predicted molar refractivity (Wildman–Crippen MR) is 59.0 cm³/mol. The van der Waals surface area contributed by atoms with E-state index in [2.05, 4.69) is 19.3 Å². The Morgan fingerprint density at radius 1 is 1.47 bits per heavy atom. The summed E-state index contributed by atoms with van der Waals surface area (Å²) in [5, 5.41) is 0.141. The summed E-state index contributed by atoms with van der Waals surface area (Å²) in [5.74, 6) is 0.0688. The number of hydrogen-bond acceptors (Lipinski definition) is 2. The van der Waals surface area contributed by atoms with E-state index in [1.54, 1.807) is 6.07 Å². The van der Waals surface area contributed by atoms with Gasteiger partial charge >= 0.3 is 0 Å². The Balaban J connectivity index is 2.35. The Bertz CT molecular complexity index is 317. The first-order chi connectivity index (χ1) is 7.09. The van der Waals surface area contributed by atoms with Crippen molar-refractivity contribution in [1.29, 1.82) is 0 Å². The molecule has 4 heteroatoms. The van der Waals surface area contributed by atoms with Crippen LogP contribution in [-0.4, -0.2) is 6.61 Å². The Morgan fingerprint density at radius 3 is 2.80 bits per heavy atom. The van der Waals surface area contributed by atoms with Crippen LogP contribution >= 0.6 is 11.6 Å². The fourth-order valence-electron chi connectivity index (χ4n) is 1.01. The predicted octanol–water partition coefficient (Wildman–Crippen LogP) is 3.16. The molecule has 1 N–H and O–H groups in total. The third kappa shape index (κ3) is 4.60. The largest absolute Gasteiger partial charge is 0.301 e. The van der Waals surface area contributed by atoms with Crippen molar-refractivity contribution in [3.63, 3.8) is 0 Å². The third-order valence-electron chi connectivity index (χ3n) is 1.78. The Labute approximate surface area is 94.3 Å². The first-order valence-corrected chi connectivity index (χ1v) is 5.26. The molecular weight excluding hydrogens is 217 g/mol. The average Bonchev–Trinajstić information content (AvgIpc) is 2.18. The zero-order valence-electron chi connectivity index (χ0n) is 8.89. The molecule has 1 rings (SSSR count). The van der Waals surface area contributed by atoms with E-state index < -0.39 is 5.82 Å². The minimum Gasteiger partial charge on any atom is -0.301 e. The third-order valence-corrected chi connectivity index (χ3v) is 2.09. The van der Waals surface area contributed by atoms with Crippen LogP contribution in [0.4, 0.5) is 4.39 Å². The van der Waals surface area contributed by atoms with Gasteiger partial charge in [0.15, 0.2) is 0 Å². The first kappa shape index (κ1) is 12.4. The first-order valence-electron chi connectivity index (χ1n) is 4.88. The van der Waals surface area contributed by atoms with Gasteiger partial charge in [-0.2, -0.15) is 5.48 Å². The molecule has 0 spiro atoms. The number of halogens is 2. The van der Waals surface area contributed by atoms with Crippen molar-refractivity contribution in [3.05, 3.63) is 34.6 Å². The highest BCUT2D eigenvalue weighted by Crippen LogP contribution is 2.15. The van der Waals surface area contributed by atoms with Crippen LogP contribution in [0.3, 0.4) is 0 Å². The number of nitrogens with one attached hydrogen (secondary N) is 1. The molecule has 2 nitrogen and oxygen atoms in total. The lowest BCUT2D eigenvalue weighted by Crippen LogP contribution is -2.17. The molecule has 0 unspecified atom stereocenters. The Morgan fingerprint density at radius 2 is 2.20 bits per heavy atom. The second-order valence-corrected chi connectivity index (χ2v) is 4.18. The van der Waals surface area contributed by atoms with Gasteiger partial charge in [-0.3, -0.25) is 0 Å². The van der Waals surface area contributed by atoms with Gasteiger partial charge in [-0.25, -0.2) is 4.39 Å². The quantitative estimate of drug-likeness (QED) is 0.621. The zero-order valence-corrected chi connectivity index (χ0v) is 9.64. The van der Waals surface area contributed by atoms with Crippen LogP contribution in [0.15, 0.2) is 18.2 Å². The van der Waals surface area contributed by atoms with Crippen molar-refractivity contribution in [1.82, 2.24) is 5.48 Å². The summed E-state index contributed by atoms with van der Waals surface area (Å²) >= 11 is 5.56. The molecule has 0 saturated heterocycles. The van der Waals surface area contributed by atoms with Crippen LogP contribution in [0.5, 0.6) is 0 Å². The summed E-state index contributed by atoms with van der Waals surface area (Å²) in [6.07, 6.45) is 0. The highest BCUT2D eigenvalue weighted by Gasteiger charge is 2.00. The fourth-order valence-corrected chi connectivity index (χ4v) is 1.13. The lowest BCUT2D eigenvalue weighted by atomic mass is 10.2. The fraction of sp³-hybridized carbons (Fsp3) is 0.455. The molecule has 0 heterocycles. The highest BCUT2D eigenvalue weighted by molar-refractivity contribution is 6.30. The van der Waals surface area contributed by atoms with Crippen LogP contribution in [0, 0.1) is 11.7 Å². The molecule has 0 aliphatic heterocycles. The molecule has 0 aromatic heterocycles. The second kappa shape index (κ2) is 6.05. The van der Waals surface area contributed by atoms with Crippen LogP contribution in [0.1, 0.15) is 19.4 Å². The van der Waals surface area contributed by atoms with Gasteiger partial charge in [0.25, 0.3) is 0 Å². The summed E-state index contributed by atoms with van der Waals surface area (Å²) < 4.78 is 13.0. The molecule has 84 valence electrons. The molecule has 0 radical (unpaired) electrons. The second-order valence-electron chi connectivity index (χ2n) is 3.77. The SMILES string of the molecule is CC(C)CONCc1ccc(Cl)c(F)c1. The van der Waals surface area contributed by atoms with Gasteiger partial charge in [-0.1, -0.05) is 31.5 Å². The molecule has 0 amide bonds. The number of hydroxylamine groups is 1. The van der Waals surface area contributed by atoms with E-state index in [0.29, 0.717) is 19.1 Å². The molecule has 15 heavy (non-hydrogen) atoms. The van der Waals surface area contributed by atoms with Gasteiger partial charge in [0, 0.05) is 6.54 Å². The van der Waals surface area contributed by atoms with Gasteiger partial charge in [0.05, 0.1) is 11.6 Å². The maximum Gasteiger partial charge on any atom is 0.142 e. The van der Waals surface area contributed by atoms with Crippen molar-refractivity contribution in [2.45, 2.75) is 20.4 Å². The molecule has 0 saturated carbocycles. The summed E-state index contributed by atoms with van der Waals surface area (Å²) in [5.41, 5.74) is 3.58. The van der Waals surface area contributed by atoms with Gasteiger partial charge in [0.2, 0.25) is 0 Å². The van der Waals surface area contributed by atoms with Crippen molar-refractivity contribution < 1.29 is 9.23 Å². The van der Waals surface area contributed by atoms with Gasteiger partial charge in [-0.05, 0) is 23.6 Å². The van der Waals surface area contributed by atoms with E-state index in [-0.39, 0.29) is 5.02 Å². The summed E-state index contributed by atoms with van der Waals surface area (Å²) in [7, 11) is 0. The number of hydrogen-bond donors (Lipinski definition) is 1. The maximum absolute atomic E-state index is 13.0. The summed E-state index contributed by atoms with van der Waals surface area (Å²) in [6, 6.07) is 4.70. The monoisotopic (exact) mass is 231 g/mol. The standard InChI is InChI=1S/C11H15ClFNO/c1-8(2)7-15-14-6-9-3-4-10(12)11(13)5-9/h3-5,8,14H,6-7H2,1-2H3. The smallest absolute Gasteiger partial charge is 0.142 e. The lowest BCUT2D eigenvalue weighted by molar-refractivity contribution is 0.0196. The number of rotatable bonds is 5. The van der Waals surface area contributed by atoms with E-state index in [1.165, 1.54) is 12.1 Å². The van der Waals surface area contributed by atoms with Crippen LogP contribution in [0.2, 0.25) is 5.02 Å². The van der Waals surface area contributed by atoms with Crippen molar-refractivity contribution >= 4 is 11.6 Å². The molecule has 0 aliphatic carbocycles. The van der Waals surface area contributed by atoms with Crippen LogP contribution in [0.25, 0.3) is 0 Å². The average molecular weight is 232 g/mol. The lowest BCUT2D eigenvalue weighted by Gasteiger charge is -2.08. The number of benzene rings is 1. The minimum atomic E-state index is -0.403. The van der Waals surface area contributed by atoms with E-state index in [9.17, 15) is 4.39 Å². The van der Waals surface area contributed by atoms with Gasteiger partial charge in [0.1, 0.15) is 5.82 Å². The highest BCUT2D eigenvalue weighted by atomic mass is 35.5. The summed E-state index contributed by atoms with van der Waals surface area (Å²) in [4.78, 5) is 5.16. The van der Waals surface area contributed by atoms with E-state index in [0.717, 1.165) is 5.56 Å². The van der Waals surface area contributed by atoms with Gasteiger partial charge in [-0.15, -0.1) is 0 Å². The maximum atomic E-state index is 13.0. The Kier molecular flexibility index (Phi) is 5.02. The van der Waals surface area contributed by atoms with E-state index >= 15 is 0 Å². The minimum absolute atomic E-state index is 0.141. The van der Waals surface area contributed by atoms with Crippen molar-refractivity contribution in [3.8, 4) is 0 Å². The Hall–Kier alpha value is -0.640. The molecule has 0 aliphatic rings. The normalized spacial score (nSPS) is 11.0. The molecule has 0 fully saturated rings. The molecule has 1 aromatic rings. The van der Waals surface area contributed by atoms with E-state index in [4.69, 9.17) is 16.4 Å². The molecular formula is C11H15ClFNO. The molecule has 1 aromatic carbocycles. The molecule has 0 bridgehead atoms. The van der Waals surface area contributed by atoms with E-state index in [1.807, 2.05) is 0 Å².